The van der Waals surface area contributed by atoms with Crippen molar-refractivity contribution < 1.29 is 4.79 Å². The SMILES string of the molecule is Cc1ncc(N)cc1C(=O)NC1CCCc2sccc21. The second kappa shape index (κ2) is 5.25. The normalized spacial score (nSPS) is 17.6. The molecule has 0 aliphatic heterocycles. The number of thiophene rings is 1. The molecular weight excluding hydrogens is 270 g/mol. The quantitative estimate of drug-likeness (QED) is 0.892. The summed E-state index contributed by atoms with van der Waals surface area (Å²) in [4.78, 5) is 18.0. The van der Waals surface area contributed by atoms with Gasteiger partial charge >= 0.3 is 0 Å². The summed E-state index contributed by atoms with van der Waals surface area (Å²) < 4.78 is 0. The Balaban J connectivity index is 1.82. The molecule has 1 aliphatic rings. The first-order valence-corrected chi connectivity index (χ1v) is 7.62. The third-order valence-corrected chi connectivity index (χ3v) is 4.71. The minimum Gasteiger partial charge on any atom is -0.397 e. The lowest BCUT2D eigenvalue weighted by Crippen LogP contribution is -2.31. The first kappa shape index (κ1) is 13.1. The van der Waals surface area contributed by atoms with Crippen LogP contribution in [0.25, 0.3) is 0 Å². The minimum absolute atomic E-state index is 0.0913. The Morgan fingerprint density at radius 1 is 1.55 bits per heavy atom. The van der Waals surface area contributed by atoms with Gasteiger partial charge in [0.2, 0.25) is 0 Å². The number of carbonyl (C=O) groups is 1. The predicted molar refractivity (Wildman–Crippen MR) is 80.9 cm³/mol. The summed E-state index contributed by atoms with van der Waals surface area (Å²) in [5.41, 5.74) is 8.77. The molecule has 0 fully saturated rings. The molecule has 1 unspecified atom stereocenters. The number of carbonyl (C=O) groups excluding carboxylic acids is 1. The first-order valence-electron chi connectivity index (χ1n) is 6.74. The van der Waals surface area contributed by atoms with E-state index in [9.17, 15) is 4.79 Å². The molecule has 1 amide bonds. The highest BCUT2D eigenvalue weighted by Gasteiger charge is 2.23. The number of hydrogen-bond acceptors (Lipinski definition) is 4. The Kier molecular flexibility index (Phi) is 3.44. The number of nitrogen functional groups attached to an aromatic ring is 1. The highest BCUT2D eigenvalue weighted by atomic mass is 32.1. The average Bonchev–Trinajstić information content (AvgIpc) is 2.91. The zero-order valence-corrected chi connectivity index (χ0v) is 12.2. The van der Waals surface area contributed by atoms with Crippen LogP contribution in [-0.4, -0.2) is 10.9 Å². The van der Waals surface area contributed by atoms with Gasteiger partial charge in [-0.25, -0.2) is 0 Å². The summed E-state index contributed by atoms with van der Waals surface area (Å²) in [5, 5.41) is 5.22. The van der Waals surface area contributed by atoms with Crippen molar-refractivity contribution in [1.82, 2.24) is 10.3 Å². The summed E-state index contributed by atoms with van der Waals surface area (Å²) in [6.07, 6.45) is 4.80. The van der Waals surface area contributed by atoms with Crippen LogP contribution in [0.3, 0.4) is 0 Å². The molecule has 0 saturated carbocycles. The molecule has 0 saturated heterocycles. The number of aromatic nitrogens is 1. The number of hydrogen-bond donors (Lipinski definition) is 2. The number of fused-ring (bicyclic) bond motifs is 1. The molecule has 2 aromatic heterocycles. The van der Waals surface area contributed by atoms with Gasteiger partial charge in [0.15, 0.2) is 0 Å². The van der Waals surface area contributed by atoms with Gasteiger partial charge in [0, 0.05) is 4.88 Å². The van der Waals surface area contributed by atoms with E-state index in [1.165, 1.54) is 10.4 Å². The van der Waals surface area contributed by atoms with Crippen molar-refractivity contribution in [3.63, 3.8) is 0 Å². The molecular formula is C15H17N3OS. The van der Waals surface area contributed by atoms with E-state index in [2.05, 4.69) is 21.7 Å². The Labute approximate surface area is 122 Å². The topological polar surface area (TPSA) is 68.0 Å². The van der Waals surface area contributed by atoms with Gasteiger partial charge in [-0.15, -0.1) is 11.3 Å². The largest absolute Gasteiger partial charge is 0.397 e. The van der Waals surface area contributed by atoms with Gasteiger partial charge < -0.3 is 11.1 Å². The zero-order chi connectivity index (χ0) is 14.1. The van der Waals surface area contributed by atoms with Crippen molar-refractivity contribution in [2.75, 3.05) is 5.73 Å². The van der Waals surface area contributed by atoms with E-state index in [1.54, 1.807) is 23.6 Å². The lowest BCUT2D eigenvalue weighted by Gasteiger charge is -2.24. The van der Waals surface area contributed by atoms with Crippen LogP contribution in [0.5, 0.6) is 0 Å². The number of anilines is 1. The van der Waals surface area contributed by atoms with Crippen LogP contribution in [0.15, 0.2) is 23.7 Å². The molecule has 4 nitrogen and oxygen atoms in total. The van der Waals surface area contributed by atoms with Gasteiger partial charge in [-0.3, -0.25) is 9.78 Å². The number of nitrogens with zero attached hydrogens (tertiary/aromatic N) is 1. The van der Waals surface area contributed by atoms with Crippen molar-refractivity contribution in [3.8, 4) is 0 Å². The van der Waals surface area contributed by atoms with Gasteiger partial charge in [0.1, 0.15) is 0 Å². The summed E-state index contributed by atoms with van der Waals surface area (Å²) in [6.45, 7) is 1.82. The Morgan fingerprint density at radius 3 is 3.25 bits per heavy atom. The van der Waals surface area contributed by atoms with Crippen LogP contribution in [0.1, 0.15) is 45.4 Å². The molecule has 104 valence electrons. The molecule has 3 N–H and O–H groups in total. The van der Waals surface area contributed by atoms with Crippen molar-refractivity contribution in [2.45, 2.75) is 32.2 Å². The lowest BCUT2D eigenvalue weighted by molar-refractivity contribution is 0.0932. The molecule has 20 heavy (non-hydrogen) atoms. The molecule has 5 heteroatoms. The van der Waals surface area contributed by atoms with Crippen molar-refractivity contribution >= 4 is 22.9 Å². The van der Waals surface area contributed by atoms with E-state index >= 15 is 0 Å². The predicted octanol–water partition coefficient (Wildman–Crippen LogP) is 2.84. The van der Waals surface area contributed by atoms with E-state index in [0.717, 1.165) is 19.3 Å². The number of nitrogens with one attached hydrogen (secondary N) is 1. The van der Waals surface area contributed by atoms with E-state index in [4.69, 9.17) is 5.73 Å². The maximum absolute atomic E-state index is 12.4. The molecule has 0 spiro atoms. The Morgan fingerprint density at radius 2 is 2.40 bits per heavy atom. The number of pyridine rings is 1. The molecule has 0 radical (unpaired) electrons. The fourth-order valence-electron chi connectivity index (χ4n) is 2.65. The number of aryl methyl sites for hydroxylation is 2. The van der Waals surface area contributed by atoms with Gasteiger partial charge in [-0.05, 0) is 49.3 Å². The molecule has 0 bridgehead atoms. The molecule has 0 aromatic carbocycles. The van der Waals surface area contributed by atoms with Gasteiger partial charge in [0.05, 0.1) is 29.2 Å². The molecule has 1 aliphatic carbocycles. The van der Waals surface area contributed by atoms with Gasteiger partial charge in [-0.2, -0.15) is 0 Å². The van der Waals surface area contributed by atoms with Crippen LogP contribution >= 0.6 is 11.3 Å². The maximum Gasteiger partial charge on any atom is 0.253 e. The second-order valence-corrected chi connectivity index (χ2v) is 6.12. The first-order chi connectivity index (χ1) is 9.65. The average molecular weight is 287 g/mol. The zero-order valence-electron chi connectivity index (χ0n) is 11.3. The van der Waals surface area contributed by atoms with Crippen LogP contribution in [-0.2, 0) is 6.42 Å². The molecule has 2 heterocycles. The third-order valence-electron chi connectivity index (χ3n) is 3.71. The Hall–Kier alpha value is -1.88. The maximum atomic E-state index is 12.4. The number of rotatable bonds is 2. The number of nitrogens with two attached hydrogens (primary N) is 1. The van der Waals surface area contributed by atoms with Crippen LogP contribution in [0, 0.1) is 6.92 Å². The number of amides is 1. The summed E-state index contributed by atoms with van der Waals surface area (Å²) in [6, 6.07) is 3.92. The molecule has 2 aromatic rings. The molecule has 3 rings (SSSR count). The summed E-state index contributed by atoms with van der Waals surface area (Å²) in [7, 11) is 0. The van der Waals surface area contributed by atoms with E-state index in [1.807, 2.05) is 6.92 Å². The van der Waals surface area contributed by atoms with Crippen LogP contribution < -0.4 is 11.1 Å². The summed E-state index contributed by atoms with van der Waals surface area (Å²) in [5.74, 6) is -0.0913. The fourth-order valence-corrected chi connectivity index (χ4v) is 3.64. The third kappa shape index (κ3) is 2.41. The Bertz CT molecular complexity index is 650. The fraction of sp³-hybridized carbons (Fsp3) is 0.333. The highest BCUT2D eigenvalue weighted by Crippen LogP contribution is 2.33. The highest BCUT2D eigenvalue weighted by molar-refractivity contribution is 7.10. The van der Waals surface area contributed by atoms with Gasteiger partial charge in [-0.1, -0.05) is 0 Å². The van der Waals surface area contributed by atoms with Crippen molar-refractivity contribution in [1.29, 1.82) is 0 Å². The minimum atomic E-state index is -0.0913. The lowest BCUT2D eigenvalue weighted by atomic mass is 9.94. The van der Waals surface area contributed by atoms with Crippen LogP contribution in [0.4, 0.5) is 5.69 Å². The van der Waals surface area contributed by atoms with E-state index in [0.29, 0.717) is 16.9 Å². The molecule has 1 atom stereocenters. The van der Waals surface area contributed by atoms with Crippen molar-refractivity contribution in [2.24, 2.45) is 0 Å². The second-order valence-electron chi connectivity index (χ2n) is 5.12. The monoisotopic (exact) mass is 287 g/mol. The smallest absolute Gasteiger partial charge is 0.253 e. The van der Waals surface area contributed by atoms with E-state index < -0.39 is 0 Å². The standard InChI is InChI=1S/C15H17N3OS/c1-9-12(7-10(16)8-17-9)15(19)18-13-3-2-4-14-11(13)5-6-20-14/h5-8,13H,2-4,16H2,1H3,(H,18,19). The van der Waals surface area contributed by atoms with Crippen molar-refractivity contribution in [3.05, 3.63) is 45.4 Å². The van der Waals surface area contributed by atoms with Crippen LogP contribution in [0.2, 0.25) is 0 Å². The van der Waals surface area contributed by atoms with E-state index in [-0.39, 0.29) is 11.9 Å². The van der Waals surface area contributed by atoms with Gasteiger partial charge in [0.25, 0.3) is 5.91 Å². The summed E-state index contributed by atoms with van der Waals surface area (Å²) >= 11 is 1.77.